The molecule has 11 heteroatoms. The van der Waals surface area contributed by atoms with Crippen LogP contribution in [0.25, 0.3) is 0 Å². The van der Waals surface area contributed by atoms with Crippen molar-refractivity contribution in [2.45, 2.75) is 115 Å². The maximum absolute atomic E-state index is 12.4. The lowest BCUT2D eigenvalue weighted by molar-refractivity contribution is -0.433. The van der Waals surface area contributed by atoms with Gasteiger partial charge in [0.25, 0.3) is 20.2 Å². The van der Waals surface area contributed by atoms with E-state index in [1.165, 1.54) is 12.1 Å². The number of hydrogen-bond acceptors (Lipinski definition) is 6. The standard InChI is InChI=1S/C37H50N2O7S2/c1-9-38-30-21-19-26(47(41,42)43)24-28(30)36(5,6)32(38)16-12-10-13-17-33-37(7,8)29-25-27(48(44,45)46)20-22-31(29)39(33)23-15-11-14-18-34(40)35(2,3)4/h12,16-17,19-22,24-25H,9-11,13-15,18,23H2,1-8H3,(H-,41,42,43,44,45,46)/p+1/b16-12+,33-17+. The van der Waals surface area contributed by atoms with E-state index in [1.807, 2.05) is 41.5 Å². The van der Waals surface area contributed by atoms with Crippen LogP contribution in [0, 0.1) is 5.41 Å². The molecular formula is C37H51N2O7S2+. The van der Waals surface area contributed by atoms with Crippen LogP contribution >= 0.6 is 0 Å². The average Bonchev–Trinajstić information content (AvgIpc) is 3.32. The molecular weight excluding hydrogens is 649 g/mol. The Morgan fingerprint density at radius 2 is 1.46 bits per heavy atom. The van der Waals surface area contributed by atoms with Crippen molar-refractivity contribution in [1.29, 1.82) is 0 Å². The summed E-state index contributed by atoms with van der Waals surface area (Å²) in [7, 11) is -8.68. The van der Waals surface area contributed by atoms with Crippen molar-refractivity contribution in [3.05, 3.63) is 71.5 Å². The average molecular weight is 700 g/mol. The van der Waals surface area contributed by atoms with Crippen molar-refractivity contribution in [3.8, 4) is 0 Å². The number of nitrogens with zero attached hydrogens (tertiary/aromatic N) is 2. The third-order valence-electron chi connectivity index (χ3n) is 9.71. The molecule has 0 spiro atoms. The molecule has 0 aliphatic carbocycles. The highest BCUT2D eigenvalue weighted by atomic mass is 32.2. The topological polar surface area (TPSA) is 132 Å². The van der Waals surface area contributed by atoms with E-state index in [2.05, 4.69) is 41.6 Å². The van der Waals surface area contributed by atoms with Crippen molar-refractivity contribution in [3.63, 3.8) is 0 Å². The van der Waals surface area contributed by atoms with Crippen LogP contribution in [-0.4, -0.2) is 55.1 Å². The second kappa shape index (κ2) is 13.7. The third kappa shape index (κ3) is 7.69. The molecule has 0 bridgehead atoms. The summed E-state index contributed by atoms with van der Waals surface area (Å²) in [4.78, 5) is 14.4. The van der Waals surface area contributed by atoms with Crippen molar-refractivity contribution in [2.75, 3.05) is 18.0 Å². The Morgan fingerprint density at radius 3 is 2.04 bits per heavy atom. The molecule has 0 aromatic heterocycles. The summed E-state index contributed by atoms with van der Waals surface area (Å²) >= 11 is 0. The molecule has 2 aliphatic heterocycles. The second-order valence-corrected chi connectivity index (χ2v) is 17.7. The van der Waals surface area contributed by atoms with Gasteiger partial charge in [0.1, 0.15) is 12.3 Å². The van der Waals surface area contributed by atoms with Gasteiger partial charge < -0.3 is 4.90 Å². The van der Waals surface area contributed by atoms with E-state index in [4.69, 9.17) is 0 Å². The minimum Gasteiger partial charge on any atom is -0.344 e. The molecule has 2 aromatic carbocycles. The number of fused-ring (bicyclic) bond motifs is 2. The fourth-order valence-electron chi connectivity index (χ4n) is 6.90. The Morgan fingerprint density at radius 1 is 0.854 bits per heavy atom. The number of carbonyl (C=O) groups is 1. The minimum atomic E-state index is -4.36. The number of benzene rings is 2. The van der Waals surface area contributed by atoms with Gasteiger partial charge in [-0.3, -0.25) is 13.9 Å². The molecule has 0 amide bonds. The minimum absolute atomic E-state index is 0.117. The van der Waals surface area contributed by atoms with Gasteiger partial charge in [-0.05, 0) is 82.3 Å². The zero-order valence-electron chi connectivity index (χ0n) is 29.5. The lowest BCUT2D eigenvalue weighted by atomic mass is 9.81. The van der Waals surface area contributed by atoms with E-state index in [1.54, 1.807) is 24.3 Å². The molecule has 2 aliphatic rings. The van der Waals surface area contributed by atoms with Gasteiger partial charge in [0, 0.05) is 52.9 Å². The second-order valence-electron chi connectivity index (χ2n) is 14.9. The number of hydrogen-bond donors (Lipinski definition) is 2. The largest absolute Gasteiger partial charge is 0.344 e. The summed E-state index contributed by atoms with van der Waals surface area (Å²) in [6.45, 7) is 17.5. The highest BCUT2D eigenvalue weighted by Crippen LogP contribution is 2.49. The van der Waals surface area contributed by atoms with Gasteiger partial charge in [-0.1, -0.05) is 53.2 Å². The number of ketones is 1. The molecule has 0 fully saturated rings. The normalized spacial score (nSPS) is 18.2. The predicted molar refractivity (Wildman–Crippen MR) is 191 cm³/mol. The molecule has 0 atom stereocenters. The molecule has 0 saturated heterocycles. The van der Waals surface area contributed by atoms with Crippen LogP contribution in [0.15, 0.2) is 70.1 Å². The van der Waals surface area contributed by atoms with Gasteiger partial charge in [0.15, 0.2) is 5.71 Å². The number of anilines is 1. The van der Waals surface area contributed by atoms with E-state index in [0.717, 1.165) is 66.0 Å². The number of allylic oxidation sites excluding steroid dienone is 4. The first kappa shape index (κ1) is 37.7. The van der Waals surface area contributed by atoms with Crippen LogP contribution in [0.4, 0.5) is 11.4 Å². The van der Waals surface area contributed by atoms with Gasteiger partial charge in [0.05, 0.1) is 15.2 Å². The predicted octanol–water partition coefficient (Wildman–Crippen LogP) is 7.77. The van der Waals surface area contributed by atoms with Crippen LogP contribution in [0.2, 0.25) is 0 Å². The monoisotopic (exact) mass is 699 g/mol. The molecule has 48 heavy (non-hydrogen) atoms. The van der Waals surface area contributed by atoms with Crippen molar-refractivity contribution >= 4 is 43.1 Å². The number of Topliss-reactive ketones (excluding diaryl/α,β-unsaturated/α-hetero) is 1. The first-order valence-electron chi connectivity index (χ1n) is 16.7. The van der Waals surface area contributed by atoms with E-state index in [0.29, 0.717) is 19.5 Å². The lowest BCUT2D eigenvalue weighted by Crippen LogP contribution is -2.27. The summed E-state index contributed by atoms with van der Waals surface area (Å²) < 4.78 is 69.2. The van der Waals surface area contributed by atoms with Gasteiger partial charge >= 0.3 is 0 Å². The van der Waals surface area contributed by atoms with Gasteiger partial charge in [0.2, 0.25) is 5.69 Å². The molecule has 2 heterocycles. The van der Waals surface area contributed by atoms with E-state index in [9.17, 15) is 30.7 Å². The van der Waals surface area contributed by atoms with Crippen molar-refractivity contribution in [1.82, 2.24) is 0 Å². The Bertz CT molecular complexity index is 1890. The van der Waals surface area contributed by atoms with Crippen molar-refractivity contribution < 1.29 is 35.3 Å². The molecule has 0 unspecified atom stereocenters. The highest BCUT2D eigenvalue weighted by molar-refractivity contribution is 7.86. The zero-order valence-corrected chi connectivity index (χ0v) is 31.1. The summed E-state index contributed by atoms with van der Waals surface area (Å²) in [6.07, 6.45) is 11.0. The Hall–Kier alpha value is -3.12. The smallest absolute Gasteiger partial charge is 0.294 e. The van der Waals surface area contributed by atoms with Crippen LogP contribution < -0.4 is 4.90 Å². The number of carbonyl (C=O) groups excluding carboxylic acids is 1. The number of rotatable bonds is 13. The number of unbranched alkanes of at least 4 members (excludes halogenated alkanes) is 3. The van der Waals surface area contributed by atoms with Crippen LogP contribution in [0.1, 0.15) is 105 Å². The zero-order chi connectivity index (χ0) is 35.9. The Balaban J connectivity index is 1.55. The highest BCUT2D eigenvalue weighted by Gasteiger charge is 2.44. The van der Waals surface area contributed by atoms with E-state index >= 15 is 0 Å². The molecule has 9 nitrogen and oxygen atoms in total. The molecule has 2 N–H and O–H groups in total. The van der Waals surface area contributed by atoms with Crippen molar-refractivity contribution in [2.24, 2.45) is 5.41 Å². The summed E-state index contributed by atoms with van der Waals surface area (Å²) in [5, 5.41) is 0. The fraction of sp³-hybridized carbons (Fsp3) is 0.514. The van der Waals surface area contributed by atoms with Gasteiger partial charge in [-0.15, -0.1) is 0 Å². The lowest BCUT2D eigenvalue weighted by Gasteiger charge is -2.27. The Labute approximate surface area is 287 Å². The first-order chi connectivity index (χ1) is 22.1. The maximum atomic E-state index is 12.4. The molecule has 4 rings (SSSR count). The quantitative estimate of drug-likeness (QED) is 0.123. The fourth-order valence-corrected chi connectivity index (χ4v) is 7.91. The Kier molecular flexibility index (Phi) is 10.7. The first-order valence-corrected chi connectivity index (χ1v) is 19.6. The van der Waals surface area contributed by atoms with E-state index in [-0.39, 0.29) is 21.0 Å². The molecule has 0 saturated carbocycles. The maximum Gasteiger partial charge on any atom is 0.294 e. The summed E-state index contributed by atoms with van der Waals surface area (Å²) in [6, 6.07) is 9.53. The van der Waals surface area contributed by atoms with Crippen LogP contribution in [0.3, 0.4) is 0 Å². The van der Waals surface area contributed by atoms with Gasteiger partial charge in [-0.25, -0.2) is 0 Å². The van der Waals surface area contributed by atoms with Crippen LogP contribution in [-0.2, 0) is 35.9 Å². The molecule has 262 valence electrons. The van der Waals surface area contributed by atoms with E-state index < -0.39 is 31.1 Å². The molecule has 0 radical (unpaired) electrons. The third-order valence-corrected chi connectivity index (χ3v) is 11.4. The van der Waals surface area contributed by atoms with Crippen LogP contribution in [0.5, 0.6) is 0 Å². The SMILES string of the molecule is CC[N+]1=C(/C=C/CC/C=C2/N(CCCCCC(=O)C(C)(C)C)c3ccc(S(=O)(=O)O)cc3C2(C)C)C(C)(C)c2cc(S(=O)(=O)O)ccc21. The van der Waals surface area contributed by atoms with Gasteiger partial charge in [-0.2, -0.15) is 21.4 Å². The summed E-state index contributed by atoms with van der Waals surface area (Å²) in [5.41, 5.74) is 4.31. The molecule has 2 aromatic rings. The summed E-state index contributed by atoms with van der Waals surface area (Å²) in [5.74, 6) is 0.259.